The highest BCUT2D eigenvalue weighted by molar-refractivity contribution is 5.77. The molecule has 7 nitrogen and oxygen atoms in total. The zero-order valence-corrected chi connectivity index (χ0v) is 15.2. The predicted molar refractivity (Wildman–Crippen MR) is 96.8 cm³/mol. The van der Waals surface area contributed by atoms with Gasteiger partial charge in [0, 0.05) is 44.7 Å². The van der Waals surface area contributed by atoms with Crippen LogP contribution in [0.3, 0.4) is 0 Å². The van der Waals surface area contributed by atoms with Gasteiger partial charge in [0.25, 0.3) is 0 Å². The molecule has 140 valence electrons. The lowest BCUT2D eigenvalue weighted by Gasteiger charge is -2.32. The van der Waals surface area contributed by atoms with Crippen LogP contribution in [0.2, 0.25) is 0 Å². The smallest absolute Gasteiger partial charge is 0.248 e. The number of methoxy groups -OCH3 is 1. The lowest BCUT2D eigenvalue weighted by atomic mass is 9.96. The third-order valence-electron chi connectivity index (χ3n) is 4.68. The monoisotopic (exact) mass is 358 g/mol. The highest BCUT2D eigenvalue weighted by Gasteiger charge is 2.26. The molecule has 0 spiro atoms. The molecule has 2 aromatic rings. The van der Waals surface area contributed by atoms with Gasteiger partial charge in [-0.1, -0.05) is 6.07 Å². The average molecular weight is 358 g/mol. The van der Waals surface area contributed by atoms with E-state index in [1.54, 1.807) is 7.11 Å². The van der Waals surface area contributed by atoms with Crippen molar-refractivity contribution in [2.75, 3.05) is 40.0 Å². The van der Waals surface area contributed by atoms with Crippen molar-refractivity contribution in [2.24, 2.45) is 0 Å². The Kier molecular flexibility index (Phi) is 6.74. The maximum atomic E-state index is 12.2. The van der Waals surface area contributed by atoms with E-state index in [1.807, 2.05) is 41.7 Å². The van der Waals surface area contributed by atoms with Crippen molar-refractivity contribution in [3.63, 3.8) is 0 Å². The quantitative estimate of drug-likeness (QED) is 0.672. The third kappa shape index (κ3) is 4.89. The van der Waals surface area contributed by atoms with Gasteiger partial charge in [-0.2, -0.15) is 0 Å². The molecule has 1 saturated heterocycles. The van der Waals surface area contributed by atoms with Crippen molar-refractivity contribution in [1.82, 2.24) is 19.4 Å². The minimum atomic E-state index is 0.0522. The van der Waals surface area contributed by atoms with Crippen LogP contribution in [0.1, 0.15) is 30.3 Å². The molecule has 0 atom stereocenters. The normalized spacial score (nSPS) is 15.3. The van der Waals surface area contributed by atoms with Crippen LogP contribution in [-0.2, 0) is 20.8 Å². The number of imidazole rings is 1. The zero-order chi connectivity index (χ0) is 18.2. The fourth-order valence-corrected chi connectivity index (χ4v) is 3.26. The molecule has 0 bridgehead atoms. The highest BCUT2D eigenvalue weighted by Crippen LogP contribution is 2.27. The fraction of sp³-hybridized carbons (Fsp3) is 0.526. The first-order chi connectivity index (χ1) is 12.8. The summed E-state index contributed by atoms with van der Waals surface area (Å²) in [5.74, 6) is 1.50. The van der Waals surface area contributed by atoms with Gasteiger partial charge in [0.1, 0.15) is 12.4 Å². The minimum Gasteiger partial charge on any atom is -0.382 e. The molecule has 3 rings (SSSR count). The van der Waals surface area contributed by atoms with E-state index in [-0.39, 0.29) is 12.5 Å². The number of hydrogen-bond donors (Lipinski definition) is 0. The number of nitrogens with zero attached hydrogens (tertiary/aromatic N) is 4. The number of rotatable bonds is 8. The third-order valence-corrected chi connectivity index (χ3v) is 4.68. The molecule has 1 aliphatic heterocycles. The molecule has 1 fully saturated rings. The maximum Gasteiger partial charge on any atom is 0.248 e. The molecule has 26 heavy (non-hydrogen) atoms. The van der Waals surface area contributed by atoms with Gasteiger partial charge in [0.2, 0.25) is 5.91 Å². The predicted octanol–water partition coefficient (Wildman–Crippen LogP) is 1.70. The Morgan fingerprint density at radius 1 is 1.19 bits per heavy atom. The molecule has 0 aliphatic carbocycles. The number of aromatic nitrogens is 3. The number of hydrogen-bond acceptors (Lipinski definition) is 5. The van der Waals surface area contributed by atoms with Crippen LogP contribution in [-0.4, -0.2) is 65.4 Å². The summed E-state index contributed by atoms with van der Waals surface area (Å²) in [6, 6.07) is 5.94. The Balaban J connectivity index is 1.51. The molecule has 1 amide bonds. The van der Waals surface area contributed by atoms with Crippen LogP contribution in [0, 0.1) is 0 Å². The van der Waals surface area contributed by atoms with E-state index >= 15 is 0 Å². The van der Waals surface area contributed by atoms with Gasteiger partial charge < -0.3 is 18.9 Å². The van der Waals surface area contributed by atoms with E-state index in [4.69, 9.17) is 9.47 Å². The van der Waals surface area contributed by atoms with Gasteiger partial charge in [-0.05, 0) is 25.0 Å². The Bertz CT molecular complexity index is 681. The molecule has 1 aliphatic rings. The number of carbonyl (C=O) groups excluding carboxylic acids is 1. The van der Waals surface area contributed by atoms with Crippen molar-refractivity contribution in [2.45, 2.75) is 25.3 Å². The van der Waals surface area contributed by atoms with Gasteiger partial charge in [-0.15, -0.1) is 0 Å². The molecule has 0 radical (unpaired) electrons. The first-order valence-corrected chi connectivity index (χ1v) is 9.03. The number of ether oxygens (including phenoxy) is 2. The van der Waals surface area contributed by atoms with Crippen LogP contribution in [0.4, 0.5) is 0 Å². The molecule has 0 unspecified atom stereocenters. The molecular weight excluding hydrogens is 332 g/mol. The Morgan fingerprint density at radius 2 is 2.04 bits per heavy atom. The lowest BCUT2D eigenvalue weighted by molar-refractivity contribution is -0.137. The lowest BCUT2D eigenvalue weighted by Crippen LogP contribution is -2.40. The molecule has 0 saturated carbocycles. The highest BCUT2D eigenvalue weighted by atomic mass is 16.5. The number of likely N-dealkylation sites (tertiary alicyclic amines) is 1. The number of amides is 1. The second-order valence-electron chi connectivity index (χ2n) is 6.43. The van der Waals surface area contributed by atoms with Crippen LogP contribution in [0.25, 0.3) is 0 Å². The summed E-state index contributed by atoms with van der Waals surface area (Å²) in [6.07, 6.45) is 7.50. The Labute approximate surface area is 154 Å². The number of carbonyl (C=O) groups is 1. The van der Waals surface area contributed by atoms with E-state index in [1.165, 1.54) is 0 Å². The van der Waals surface area contributed by atoms with E-state index in [0.29, 0.717) is 19.1 Å². The summed E-state index contributed by atoms with van der Waals surface area (Å²) in [5.41, 5.74) is 1.02. The van der Waals surface area contributed by atoms with Crippen LogP contribution < -0.4 is 0 Å². The summed E-state index contributed by atoms with van der Waals surface area (Å²) in [5, 5.41) is 0. The Hall–Kier alpha value is -2.25. The topological polar surface area (TPSA) is 69.5 Å². The molecule has 2 aromatic heterocycles. The summed E-state index contributed by atoms with van der Waals surface area (Å²) < 4.78 is 12.4. The van der Waals surface area contributed by atoms with E-state index in [2.05, 4.69) is 14.5 Å². The van der Waals surface area contributed by atoms with Gasteiger partial charge in [0.05, 0.1) is 25.5 Å². The minimum absolute atomic E-state index is 0.0522. The zero-order valence-electron chi connectivity index (χ0n) is 15.2. The number of piperidine rings is 1. The summed E-state index contributed by atoms with van der Waals surface area (Å²) in [6.45, 7) is 3.30. The largest absolute Gasteiger partial charge is 0.382 e. The molecule has 0 N–H and O–H groups in total. The van der Waals surface area contributed by atoms with Crippen LogP contribution >= 0.6 is 0 Å². The summed E-state index contributed by atoms with van der Waals surface area (Å²) in [7, 11) is 1.62. The maximum absolute atomic E-state index is 12.2. The van der Waals surface area contributed by atoms with Crippen molar-refractivity contribution < 1.29 is 14.3 Å². The van der Waals surface area contributed by atoms with Gasteiger partial charge in [0.15, 0.2) is 0 Å². The summed E-state index contributed by atoms with van der Waals surface area (Å²) in [4.78, 5) is 23.0. The summed E-state index contributed by atoms with van der Waals surface area (Å²) >= 11 is 0. The van der Waals surface area contributed by atoms with E-state index in [0.717, 1.165) is 44.0 Å². The SMILES string of the molecule is COCCOCC(=O)N1CCC(c2nccn2Cc2ccccn2)CC1. The molecule has 3 heterocycles. The molecule has 7 heteroatoms. The van der Waals surface area contributed by atoms with Crippen molar-refractivity contribution in [3.05, 3.63) is 48.3 Å². The van der Waals surface area contributed by atoms with Crippen LogP contribution in [0.5, 0.6) is 0 Å². The average Bonchev–Trinajstić information content (AvgIpc) is 3.14. The van der Waals surface area contributed by atoms with Crippen molar-refractivity contribution in [3.8, 4) is 0 Å². The van der Waals surface area contributed by atoms with Crippen molar-refractivity contribution in [1.29, 1.82) is 0 Å². The van der Waals surface area contributed by atoms with Crippen LogP contribution in [0.15, 0.2) is 36.8 Å². The van der Waals surface area contributed by atoms with E-state index in [9.17, 15) is 4.79 Å². The van der Waals surface area contributed by atoms with E-state index < -0.39 is 0 Å². The number of pyridine rings is 1. The van der Waals surface area contributed by atoms with Gasteiger partial charge in [-0.25, -0.2) is 4.98 Å². The van der Waals surface area contributed by atoms with Crippen molar-refractivity contribution >= 4 is 5.91 Å². The fourth-order valence-electron chi connectivity index (χ4n) is 3.26. The Morgan fingerprint density at radius 3 is 2.77 bits per heavy atom. The molecular formula is C19H26N4O3. The van der Waals surface area contributed by atoms with Gasteiger partial charge in [-0.3, -0.25) is 9.78 Å². The van der Waals surface area contributed by atoms with Gasteiger partial charge >= 0.3 is 0 Å². The second-order valence-corrected chi connectivity index (χ2v) is 6.43. The molecule has 0 aromatic carbocycles. The second kappa shape index (κ2) is 9.45. The first kappa shape index (κ1) is 18.5. The first-order valence-electron chi connectivity index (χ1n) is 9.03. The standard InChI is InChI=1S/C19H26N4O3/c1-25-12-13-26-15-18(24)22-9-5-16(6-10-22)19-21-8-11-23(19)14-17-4-2-3-7-20-17/h2-4,7-8,11,16H,5-6,9-10,12-15H2,1H3.